The number of carbonyl (C=O) groups is 1. The Morgan fingerprint density at radius 2 is 2.17 bits per heavy atom. The lowest BCUT2D eigenvalue weighted by Crippen LogP contribution is -1.87. The van der Waals surface area contributed by atoms with Crippen molar-refractivity contribution in [2.24, 2.45) is 0 Å². The molecule has 1 rings (SSSR count). The molecule has 0 bridgehead atoms. The van der Waals surface area contributed by atoms with Gasteiger partial charge in [0.1, 0.15) is 5.82 Å². The predicted octanol–water partition coefficient (Wildman–Crippen LogP) is 0.958. The van der Waals surface area contributed by atoms with Gasteiger partial charge in [-0.15, -0.1) is 0 Å². The molecule has 1 aromatic carbocycles. The minimum absolute atomic E-state index is 0.296. The maximum Gasteiger partial charge on any atom is 0.193 e. The first-order valence-electron chi connectivity index (χ1n) is 3.23. The Hall–Kier alpha value is -1.82. The Morgan fingerprint density at radius 1 is 1.42 bits per heavy atom. The second-order valence-electron chi connectivity index (χ2n) is 2.16. The van der Waals surface area contributed by atoms with Crippen LogP contribution in [0.4, 0.5) is 10.1 Å². The van der Waals surface area contributed by atoms with E-state index in [0.717, 1.165) is 0 Å². The maximum absolute atomic E-state index is 12.6. The van der Waals surface area contributed by atoms with Crippen molar-refractivity contribution in [3.8, 4) is 11.8 Å². The molecule has 0 saturated heterocycles. The van der Waals surface area contributed by atoms with Gasteiger partial charge in [-0.2, -0.15) is 0 Å². The van der Waals surface area contributed by atoms with Crippen molar-refractivity contribution < 1.29 is 9.18 Å². The lowest BCUT2D eigenvalue weighted by molar-refractivity contribution is -0.103. The number of aldehydes is 1. The molecule has 0 atom stereocenters. The van der Waals surface area contributed by atoms with Gasteiger partial charge in [-0.05, 0) is 24.1 Å². The van der Waals surface area contributed by atoms with Crippen LogP contribution in [-0.4, -0.2) is 6.29 Å². The summed E-state index contributed by atoms with van der Waals surface area (Å²) >= 11 is 0. The highest BCUT2D eigenvalue weighted by atomic mass is 19.1. The van der Waals surface area contributed by atoms with Crippen LogP contribution in [0.3, 0.4) is 0 Å². The van der Waals surface area contributed by atoms with Crippen LogP contribution in [-0.2, 0) is 4.79 Å². The van der Waals surface area contributed by atoms with Gasteiger partial charge < -0.3 is 5.73 Å². The fraction of sp³-hybridized carbons (Fsp3) is 0. The molecule has 0 fully saturated rings. The number of halogens is 1. The highest BCUT2D eigenvalue weighted by Gasteiger charge is 1.94. The lowest BCUT2D eigenvalue weighted by atomic mass is 10.2. The summed E-state index contributed by atoms with van der Waals surface area (Å²) in [6.45, 7) is 0. The minimum Gasteiger partial charge on any atom is -0.399 e. The van der Waals surface area contributed by atoms with E-state index in [0.29, 0.717) is 17.5 Å². The van der Waals surface area contributed by atoms with Gasteiger partial charge in [0.05, 0.1) is 0 Å². The Balaban J connectivity index is 3.08. The van der Waals surface area contributed by atoms with Crippen LogP contribution in [0.1, 0.15) is 5.56 Å². The fourth-order valence-corrected chi connectivity index (χ4v) is 0.797. The maximum atomic E-state index is 12.6. The number of nitrogen functional groups attached to an aromatic ring is 1. The summed E-state index contributed by atoms with van der Waals surface area (Å²) < 4.78 is 12.6. The number of carbonyl (C=O) groups excluding carboxylic acids is 1. The van der Waals surface area contributed by atoms with Crippen molar-refractivity contribution in [2.75, 3.05) is 5.73 Å². The van der Waals surface area contributed by atoms with Crippen molar-refractivity contribution in [2.45, 2.75) is 0 Å². The highest BCUT2D eigenvalue weighted by molar-refractivity contribution is 5.74. The predicted molar refractivity (Wildman–Crippen MR) is 43.8 cm³/mol. The molecular weight excluding hydrogens is 157 g/mol. The molecule has 0 aliphatic rings. The van der Waals surface area contributed by atoms with Crippen LogP contribution in [0.25, 0.3) is 0 Å². The average Bonchev–Trinajstić information content (AvgIpc) is 1.99. The van der Waals surface area contributed by atoms with Crippen LogP contribution in [0.2, 0.25) is 0 Å². The molecule has 0 radical (unpaired) electrons. The molecule has 0 amide bonds. The molecule has 0 aliphatic carbocycles. The number of nitrogens with two attached hydrogens (primary N) is 1. The standard InChI is InChI=1S/C9H6FNO/c10-8-4-7(2-1-3-12)5-9(11)6-8/h3-6H,11H2. The smallest absolute Gasteiger partial charge is 0.193 e. The van der Waals surface area contributed by atoms with Gasteiger partial charge in [-0.3, -0.25) is 4.79 Å². The topological polar surface area (TPSA) is 43.1 Å². The average molecular weight is 163 g/mol. The number of anilines is 1. The summed E-state index contributed by atoms with van der Waals surface area (Å²) in [6, 6.07) is 3.90. The summed E-state index contributed by atoms with van der Waals surface area (Å²) in [6.07, 6.45) is 0.446. The van der Waals surface area contributed by atoms with Gasteiger partial charge in [-0.1, -0.05) is 5.92 Å². The van der Waals surface area contributed by atoms with E-state index >= 15 is 0 Å². The van der Waals surface area contributed by atoms with Gasteiger partial charge in [0.15, 0.2) is 6.29 Å². The first-order valence-corrected chi connectivity index (χ1v) is 3.23. The van der Waals surface area contributed by atoms with E-state index in [9.17, 15) is 9.18 Å². The van der Waals surface area contributed by atoms with Gasteiger partial charge in [0.2, 0.25) is 0 Å². The zero-order valence-electron chi connectivity index (χ0n) is 6.17. The van der Waals surface area contributed by atoms with Crippen LogP contribution in [0, 0.1) is 17.7 Å². The molecule has 2 N–H and O–H groups in total. The molecule has 1 aromatic rings. The largest absolute Gasteiger partial charge is 0.399 e. The molecule has 12 heavy (non-hydrogen) atoms. The molecule has 3 heteroatoms. The highest BCUT2D eigenvalue weighted by Crippen LogP contribution is 2.08. The van der Waals surface area contributed by atoms with Gasteiger partial charge in [0, 0.05) is 11.3 Å². The Morgan fingerprint density at radius 3 is 2.75 bits per heavy atom. The van der Waals surface area contributed by atoms with Crippen molar-refractivity contribution >= 4 is 12.0 Å². The summed E-state index contributed by atoms with van der Waals surface area (Å²) in [5.74, 6) is 4.15. The zero-order chi connectivity index (χ0) is 8.97. The quantitative estimate of drug-likeness (QED) is 0.351. The second-order valence-corrected chi connectivity index (χ2v) is 2.16. The molecule has 0 aromatic heterocycles. The van der Waals surface area contributed by atoms with Gasteiger partial charge in [-0.25, -0.2) is 4.39 Å². The molecule has 0 unspecified atom stereocenters. The van der Waals surface area contributed by atoms with Crippen LogP contribution in [0.15, 0.2) is 18.2 Å². The SMILES string of the molecule is Nc1cc(F)cc(C#CC=O)c1. The molecule has 0 spiro atoms. The fourth-order valence-electron chi connectivity index (χ4n) is 0.797. The van der Waals surface area contributed by atoms with Crippen LogP contribution in [0.5, 0.6) is 0 Å². The Bertz CT molecular complexity index is 342. The van der Waals surface area contributed by atoms with Crippen molar-refractivity contribution in [3.05, 3.63) is 29.6 Å². The third kappa shape index (κ3) is 2.10. The third-order valence-electron chi connectivity index (χ3n) is 1.20. The van der Waals surface area contributed by atoms with Crippen LogP contribution < -0.4 is 5.73 Å². The summed E-state index contributed by atoms with van der Waals surface area (Å²) in [7, 11) is 0. The van der Waals surface area contributed by atoms with E-state index in [4.69, 9.17) is 5.73 Å². The normalized spacial score (nSPS) is 8.42. The zero-order valence-corrected chi connectivity index (χ0v) is 6.17. The Kier molecular flexibility index (Phi) is 2.44. The van der Waals surface area contributed by atoms with Crippen molar-refractivity contribution in [3.63, 3.8) is 0 Å². The second kappa shape index (κ2) is 3.54. The monoisotopic (exact) mass is 163 g/mol. The Labute approximate surface area is 69.2 Å². The molecule has 60 valence electrons. The van der Waals surface area contributed by atoms with E-state index in [1.165, 1.54) is 18.2 Å². The van der Waals surface area contributed by atoms with Gasteiger partial charge in [0.25, 0.3) is 0 Å². The molecular formula is C9H6FNO. The summed E-state index contributed by atoms with van der Waals surface area (Å²) in [5, 5.41) is 0. The molecule has 0 saturated carbocycles. The van der Waals surface area contributed by atoms with E-state index in [1.54, 1.807) is 0 Å². The minimum atomic E-state index is -0.454. The first-order chi connectivity index (χ1) is 5.72. The number of rotatable bonds is 0. The lowest BCUT2D eigenvalue weighted by Gasteiger charge is -1.94. The molecule has 2 nitrogen and oxygen atoms in total. The molecule has 0 aliphatic heterocycles. The van der Waals surface area contributed by atoms with Crippen molar-refractivity contribution in [1.82, 2.24) is 0 Å². The van der Waals surface area contributed by atoms with E-state index in [2.05, 4.69) is 11.8 Å². The van der Waals surface area contributed by atoms with E-state index in [-0.39, 0.29) is 0 Å². The van der Waals surface area contributed by atoms with Crippen molar-refractivity contribution in [1.29, 1.82) is 0 Å². The molecule has 0 heterocycles. The number of benzene rings is 1. The summed E-state index contributed by atoms with van der Waals surface area (Å²) in [5.41, 5.74) is 6.03. The van der Waals surface area contributed by atoms with E-state index in [1.807, 2.05) is 0 Å². The first kappa shape index (κ1) is 8.28. The number of hydrogen-bond acceptors (Lipinski definition) is 2. The van der Waals surface area contributed by atoms with Gasteiger partial charge >= 0.3 is 0 Å². The summed E-state index contributed by atoms with van der Waals surface area (Å²) in [4.78, 5) is 9.85. The number of hydrogen-bond donors (Lipinski definition) is 1. The third-order valence-corrected chi connectivity index (χ3v) is 1.20. The van der Waals surface area contributed by atoms with E-state index < -0.39 is 5.82 Å². The van der Waals surface area contributed by atoms with Crippen LogP contribution >= 0.6 is 0 Å².